The second-order valence-electron chi connectivity index (χ2n) is 2.96. The summed E-state index contributed by atoms with van der Waals surface area (Å²) in [5.74, 6) is -1.97. The Balaban J connectivity index is 2.75. The third-order valence-electron chi connectivity index (χ3n) is 1.88. The van der Waals surface area contributed by atoms with Gasteiger partial charge in [-0.15, -0.1) is 0 Å². The number of carboxylic acid groups (broad SMARTS) is 1. The zero-order valence-corrected chi connectivity index (χ0v) is 8.75. The lowest BCUT2D eigenvalue weighted by Gasteiger charge is -2.05. The number of esters is 1. The number of aromatic carboxylic acids is 1. The predicted molar refractivity (Wildman–Crippen MR) is 56.7 cm³/mol. The highest BCUT2D eigenvalue weighted by Gasteiger charge is 2.16. The van der Waals surface area contributed by atoms with E-state index in [-0.39, 0.29) is 24.3 Å². The van der Waals surface area contributed by atoms with E-state index in [2.05, 4.69) is 4.99 Å². The molecule has 1 N–H and O–H groups in total. The SMILES string of the molecule is O=C=NCCOC(=O)c1ccccc1C(=O)O. The Labute approximate surface area is 96.5 Å². The van der Waals surface area contributed by atoms with Crippen LogP contribution >= 0.6 is 0 Å². The maximum Gasteiger partial charge on any atom is 0.339 e. The lowest BCUT2D eigenvalue weighted by molar-refractivity contribution is 0.0506. The summed E-state index contributed by atoms with van der Waals surface area (Å²) < 4.78 is 4.75. The van der Waals surface area contributed by atoms with Gasteiger partial charge in [-0.05, 0) is 12.1 Å². The highest BCUT2D eigenvalue weighted by Crippen LogP contribution is 2.10. The van der Waals surface area contributed by atoms with Crippen molar-refractivity contribution in [3.8, 4) is 0 Å². The Bertz CT molecular complexity index is 477. The molecule has 0 aliphatic heterocycles. The largest absolute Gasteiger partial charge is 0.478 e. The van der Waals surface area contributed by atoms with Crippen molar-refractivity contribution in [1.29, 1.82) is 0 Å². The minimum absolute atomic E-state index is 0.00444. The average molecular weight is 235 g/mol. The first-order valence-corrected chi connectivity index (χ1v) is 4.70. The molecular weight excluding hydrogens is 226 g/mol. The molecule has 1 rings (SSSR count). The van der Waals surface area contributed by atoms with Gasteiger partial charge < -0.3 is 9.84 Å². The van der Waals surface area contributed by atoms with Gasteiger partial charge in [-0.25, -0.2) is 19.4 Å². The second kappa shape index (κ2) is 6.19. The van der Waals surface area contributed by atoms with Gasteiger partial charge in [0.05, 0.1) is 17.7 Å². The third-order valence-corrected chi connectivity index (χ3v) is 1.88. The van der Waals surface area contributed by atoms with Crippen LogP contribution in [0.4, 0.5) is 0 Å². The normalized spacial score (nSPS) is 9.18. The van der Waals surface area contributed by atoms with Crippen LogP contribution in [0, 0.1) is 0 Å². The van der Waals surface area contributed by atoms with E-state index >= 15 is 0 Å². The first kappa shape index (κ1) is 12.6. The van der Waals surface area contributed by atoms with Crippen molar-refractivity contribution < 1.29 is 24.2 Å². The number of aliphatic imine (C=N–C) groups is 1. The molecular formula is C11H9NO5. The van der Waals surface area contributed by atoms with Crippen LogP contribution in [0.2, 0.25) is 0 Å². The number of carbonyl (C=O) groups excluding carboxylic acids is 2. The van der Waals surface area contributed by atoms with Crippen LogP contribution in [0.3, 0.4) is 0 Å². The van der Waals surface area contributed by atoms with Crippen LogP contribution in [0.15, 0.2) is 29.3 Å². The van der Waals surface area contributed by atoms with E-state index in [0.717, 1.165) is 0 Å². The third kappa shape index (κ3) is 3.55. The highest BCUT2D eigenvalue weighted by atomic mass is 16.5. The number of carboxylic acids is 1. The summed E-state index contributed by atoms with van der Waals surface area (Å²) in [5.41, 5.74) is -0.161. The fraction of sp³-hybridized carbons (Fsp3) is 0.182. The fourth-order valence-corrected chi connectivity index (χ4v) is 1.15. The quantitative estimate of drug-likeness (QED) is 0.354. The van der Waals surface area contributed by atoms with Crippen LogP contribution in [-0.4, -0.2) is 36.3 Å². The van der Waals surface area contributed by atoms with Crippen LogP contribution in [0.5, 0.6) is 0 Å². The van der Waals surface area contributed by atoms with Gasteiger partial charge in [-0.2, -0.15) is 0 Å². The van der Waals surface area contributed by atoms with Crippen molar-refractivity contribution in [2.75, 3.05) is 13.2 Å². The minimum Gasteiger partial charge on any atom is -0.478 e. The number of hydrogen-bond acceptors (Lipinski definition) is 5. The van der Waals surface area contributed by atoms with Gasteiger partial charge in [0.2, 0.25) is 6.08 Å². The number of rotatable bonds is 5. The van der Waals surface area contributed by atoms with Crippen LogP contribution in [0.1, 0.15) is 20.7 Å². The van der Waals surface area contributed by atoms with Crippen LogP contribution in [0.25, 0.3) is 0 Å². The fourth-order valence-electron chi connectivity index (χ4n) is 1.15. The van der Waals surface area contributed by atoms with Crippen LogP contribution < -0.4 is 0 Å². The van der Waals surface area contributed by atoms with Crippen LogP contribution in [-0.2, 0) is 9.53 Å². The van der Waals surface area contributed by atoms with E-state index in [1.54, 1.807) is 0 Å². The molecule has 0 amide bonds. The lowest BCUT2D eigenvalue weighted by Crippen LogP contribution is -2.13. The molecule has 0 aromatic heterocycles. The smallest absolute Gasteiger partial charge is 0.339 e. The summed E-state index contributed by atoms with van der Waals surface area (Å²) in [4.78, 5) is 35.3. The lowest BCUT2D eigenvalue weighted by atomic mass is 10.1. The van der Waals surface area contributed by atoms with E-state index in [1.165, 1.54) is 30.3 Å². The molecule has 1 aromatic rings. The first-order chi connectivity index (χ1) is 8.16. The van der Waals surface area contributed by atoms with Crippen molar-refractivity contribution >= 4 is 18.0 Å². The highest BCUT2D eigenvalue weighted by molar-refractivity contribution is 6.02. The monoisotopic (exact) mass is 235 g/mol. The van der Waals surface area contributed by atoms with Gasteiger partial charge in [-0.1, -0.05) is 12.1 Å². The molecule has 88 valence electrons. The molecule has 0 saturated carbocycles. The molecule has 0 radical (unpaired) electrons. The molecule has 0 aliphatic carbocycles. The van der Waals surface area contributed by atoms with Gasteiger partial charge >= 0.3 is 11.9 Å². The Morgan fingerprint density at radius 2 is 1.94 bits per heavy atom. The standard InChI is InChI=1S/C11H9NO5/c13-7-12-5-6-17-11(16)9-4-2-1-3-8(9)10(14)15/h1-4H,5-6H2,(H,14,15). The molecule has 6 nitrogen and oxygen atoms in total. The summed E-state index contributed by atoms with van der Waals surface area (Å²) in [6.45, 7) is -0.0908. The summed E-state index contributed by atoms with van der Waals surface area (Å²) >= 11 is 0. The van der Waals surface area contributed by atoms with Crippen molar-refractivity contribution in [3.05, 3.63) is 35.4 Å². The van der Waals surface area contributed by atoms with Gasteiger partial charge in [0.1, 0.15) is 6.61 Å². The Hall–Kier alpha value is -2.46. The predicted octanol–water partition coefficient (Wildman–Crippen LogP) is 0.877. The first-order valence-electron chi connectivity index (χ1n) is 4.70. The average Bonchev–Trinajstić information content (AvgIpc) is 2.34. The van der Waals surface area contributed by atoms with Gasteiger partial charge in [0, 0.05) is 0 Å². The molecule has 0 saturated heterocycles. The number of benzene rings is 1. The summed E-state index contributed by atoms with van der Waals surface area (Å²) in [6, 6.07) is 5.71. The Morgan fingerprint density at radius 1 is 1.29 bits per heavy atom. The summed E-state index contributed by atoms with van der Waals surface area (Å²) in [5, 5.41) is 8.85. The van der Waals surface area contributed by atoms with Gasteiger partial charge in [0.25, 0.3) is 0 Å². The number of nitrogens with zero attached hydrogens (tertiary/aromatic N) is 1. The summed E-state index contributed by atoms with van der Waals surface area (Å²) in [7, 11) is 0. The van der Waals surface area contributed by atoms with E-state index in [1.807, 2.05) is 0 Å². The van der Waals surface area contributed by atoms with Crippen molar-refractivity contribution in [2.24, 2.45) is 4.99 Å². The number of isocyanates is 1. The topological polar surface area (TPSA) is 93.0 Å². The minimum atomic E-state index is -1.21. The molecule has 0 fully saturated rings. The van der Waals surface area contributed by atoms with E-state index in [4.69, 9.17) is 9.84 Å². The molecule has 1 aromatic carbocycles. The zero-order chi connectivity index (χ0) is 12.7. The molecule has 0 atom stereocenters. The van der Waals surface area contributed by atoms with E-state index in [9.17, 15) is 14.4 Å². The van der Waals surface area contributed by atoms with Gasteiger partial charge in [-0.3, -0.25) is 0 Å². The molecule has 0 bridgehead atoms. The van der Waals surface area contributed by atoms with Crippen molar-refractivity contribution in [2.45, 2.75) is 0 Å². The van der Waals surface area contributed by atoms with E-state index in [0.29, 0.717) is 0 Å². The Morgan fingerprint density at radius 3 is 2.53 bits per heavy atom. The van der Waals surface area contributed by atoms with E-state index < -0.39 is 11.9 Å². The molecule has 6 heteroatoms. The zero-order valence-electron chi connectivity index (χ0n) is 8.75. The van der Waals surface area contributed by atoms with Crippen molar-refractivity contribution in [1.82, 2.24) is 0 Å². The number of ether oxygens (including phenoxy) is 1. The molecule has 17 heavy (non-hydrogen) atoms. The summed E-state index contributed by atoms with van der Waals surface area (Å²) in [6.07, 6.45) is 1.30. The number of hydrogen-bond donors (Lipinski definition) is 1. The molecule has 0 unspecified atom stereocenters. The number of carbonyl (C=O) groups is 2. The maximum absolute atomic E-state index is 11.5. The Kier molecular flexibility index (Phi) is 4.59. The van der Waals surface area contributed by atoms with Gasteiger partial charge in [0.15, 0.2) is 0 Å². The van der Waals surface area contributed by atoms with Crippen molar-refractivity contribution in [3.63, 3.8) is 0 Å². The molecule has 0 spiro atoms. The molecule has 0 heterocycles. The molecule has 0 aliphatic rings. The maximum atomic E-state index is 11.5. The second-order valence-corrected chi connectivity index (χ2v) is 2.96.